The number of nitrogens with one attached hydrogen (secondary N) is 1. The molecule has 0 bridgehead atoms. The van der Waals surface area contributed by atoms with Crippen LogP contribution >= 0.6 is 43.2 Å². The smallest absolute Gasteiger partial charge is 0.206 e. The molecule has 96 valence electrons. The normalized spacial score (nSPS) is 11.7. The monoisotopic (exact) mass is 409 g/mol. The van der Waals surface area contributed by atoms with Crippen LogP contribution in [0.2, 0.25) is 0 Å². The first kappa shape index (κ1) is 14.2. The van der Waals surface area contributed by atoms with Gasteiger partial charge in [0, 0.05) is 11.0 Å². The van der Waals surface area contributed by atoms with Gasteiger partial charge in [0.15, 0.2) is 0 Å². The number of thiophene rings is 1. The highest BCUT2D eigenvalue weighted by molar-refractivity contribution is 9.11. The second kappa shape index (κ2) is 5.83. The Balaban J connectivity index is 2.10. The number of rotatable bonds is 4. The van der Waals surface area contributed by atoms with Crippen molar-refractivity contribution in [2.75, 3.05) is 0 Å². The Kier molecular flexibility index (Phi) is 4.60. The average Bonchev–Trinajstić information content (AvgIpc) is 2.74. The predicted octanol–water partition coefficient (Wildman–Crippen LogP) is 3.75. The van der Waals surface area contributed by atoms with Crippen molar-refractivity contribution in [3.05, 3.63) is 50.2 Å². The summed E-state index contributed by atoms with van der Waals surface area (Å²) in [5.74, 6) is 0. The molecule has 0 unspecified atom stereocenters. The van der Waals surface area contributed by atoms with Gasteiger partial charge in [0.25, 0.3) is 0 Å². The summed E-state index contributed by atoms with van der Waals surface area (Å²) in [4.78, 5) is 0. The molecule has 1 aromatic carbocycles. The van der Waals surface area contributed by atoms with Crippen LogP contribution in [0.1, 0.15) is 5.56 Å². The van der Waals surface area contributed by atoms with Crippen LogP contribution in [-0.2, 0) is 16.6 Å². The molecular weight excluding hydrogens is 402 g/mol. The highest BCUT2D eigenvalue weighted by Crippen LogP contribution is 2.26. The molecule has 18 heavy (non-hydrogen) atoms. The van der Waals surface area contributed by atoms with E-state index in [-0.39, 0.29) is 6.54 Å². The van der Waals surface area contributed by atoms with E-state index in [4.69, 9.17) is 0 Å². The Morgan fingerprint density at radius 1 is 1.17 bits per heavy atom. The maximum absolute atomic E-state index is 12.0. The van der Waals surface area contributed by atoms with Gasteiger partial charge < -0.3 is 0 Å². The number of benzene rings is 1. The quantitative estimate of drug-likeness (QED) is 0.834. The number of sulfonamides is 1. The van der Waals surface area contributed by atoms with Crippen molar-refractivity contribution in [3.8, 4) is 0 Å². The van der Waals surface area contributed by atoms with Crippen molar-refractivity contribution in [1.82, 2.24) is 4.72 Å². The SMILES string of the molecule is O=S(=O)(NCc1cccc(Br)c1)c1ccc(Br)s1. The zero-order valence-electron chi connectivity index (χ0n) is 9.06. The van der Waals surface area contributed by atoms with Crippen LogP contribution in [-0.4, -0.2) is 8.42 Å². The van der Waals surface area contributed by atoms with Gasteiger partial charge >= 0.3 is 0 Å². The number of hydrogen-bond acceptors (Lipinski definition) is 3. The van der Waals surface area contributed by atoms with Crippen molar-refractivity contribution in [1.29, 1.82) is 0 Å². The number of hydrogen-bond donors (Lipinski definition) is 1. The van der Waals surface area contributed by atoms with E-state index in [1.165, 1.54) is 11.3 Å². The molecule has 0 aliphatic heterocycles. The Morgan fingerprint density at radius 2 is 1.94 bits per heavy atom. The second-order valence-electron chi connectivity index (χ2n) is 3.51. The third-order valence-electron chi connectivity index (χ3n) is 2.17. The molecule has 0 spiro atoms. The topological polar surface area (TPSA) is 46.2 Å². The van der Waals surface area contributed by atoms with Crippen LogP contribution < -0.4 is 4.72 Å². The maximum atomic E-state index is 12.0. The van der Waals surface area contributed by atoms with Crippen LogP contribution in [0.5, 0.6) is 0 Å². The van der Waals surface area contributed by atoms with Crippen molar-refractivity contribution >= 4 is 53.2 Å². The van der Waals surface area contributed by atoms with Crippen LogP contribution in [0, 0.1) is 0 Å². The van der Waals surface area contributed by atoms with E-state index in [0.717, 1.165) is 13.8 Å². The summed E-state index contributed by atoms with van der Waals surface area (Å²) < 4.78 is 28.5. The molecule has 2 rings (SSSR count). The van der Waals surface area contributed by atoms with Gasteiger partial charge in [0.2, 0.25) is 10.0 Å². The molecule has 0 fully saturated rings. The van der Waals surface area contributed by atoms with Crippen LogP contribution in [0.15, 0.2) is 48.9 Å². The molecule has 0 aliphatic carbocycles. The fraction of sp³-hybridized carbons (Fsp3) is 0.0909. The Hall–Kier alpha value is -0.210. The molecule has 0 atom stereocenters. The fourth-order valence-electron chi connectivity index (χ4n) is 1.34. The third-order valence-corrected chi connectivity index (χ3v) is 6.18. The highest BCUT2D eigenvalue weighted by atomic mass is 79.9. The zero-order chi connectivity index (χ0) is 13.2. The first-order valence-corrected chi connectivity index (χ1v) is 8.85. The molecule has 2 aromatic rings. The van der Waals surface area contributed by atoms with E-state index < -0.39 is 10.0 Å². The van der Waals surface area contributed by atoms with Gasteiger partial charge in [-0.05, 0) is 45.8 Å². The minimum absolute atomic E-state index is 0.275. The van der Waals surface area contributed by atoms with E-state index in [2.05, 4.69) is 36.6 Å². The Morgan fingerprint density at radius 3 is 2.56 bits per heavy atom. The second-order valence-corrected chi connectivity index (χ2v) is 8.89. The van der Waals surface area contributed by atoms with Gasteiger partial charge in [-0.25, -0.2) is 13.1 Å². The van der Waals surface area contributed by atoms with E-state index in [9.17, 15) is 8.42 Å². The van der Waals surface area contributed by atoms with E-state index in [0.29, 0.717) is 4.21 Å². The van der Waals surface area contributed by atoms with Gasteiger partial charge in [0.05, 0.1) is 3.79 Å². The first-order chi connectivity index (χ1) is 8.47. The summed E-state index contributed by atoms with van der Waals surface area (Å²) >= 11 is 7.79. The lowest BCUT2D eigenvalue weighted by molar-refractivity contribution is 0.583. The molecule has 1 N–H and O–H groups in total. The summed E-state index contributed by atoms with van der Waals surface area (Å²) in [6.45, 7) is 0.275. The molecule has 0 saturated heterocycles. The van der Waals surface area contributed by atoms with Gasteiger partial charge in [-0.1, -0.05) is 28.1 Å². The highest BCUT2D eigenvalue weighted by Gasteiger charge is 2.15. The molecule has 1 heterocycles. The summed E-state index contributed by atoms with van der Waals surface area (Å²) in [5, 5.41) is 0. The van der Waals surface area contributed by atoms with Gasteiger partial charge in [-0.15, -0.1) is 11.3 Å². The standard InChI is InChI=1S/C11H9Br2NO2S2/c12-9-3-1-2-8(6-9)7-14-18(15,16)11-5-4-10(13)17-11/h1-6,14H,7H2. The minimum Gasteiger partial charge on any atom is -0.206 e. The zero-order valence-corrected chi connectivity index (χ0v) is 13.9. The van der Waals surface area contributed by atoms with Crippen molar-refractivity contribution in [2.24, 2.45) is 0 Å². The summed E-state index contributed by atoms with van der Waals surface area (Å²) in [5.41, 5.74) is 0.906. The third kappa shape index (κ3) is 3.64. The molecule has 0 radical (unpaired) electrons. The largest absolute Gasteiger partial charge is 0.250 e. The predicted molar refractivity (Wildman–Crippen MR) is 80.2 cm³/mol. The van der Waals surface area contributed by atoms with Crippen LogP contribution in [0.3, 0.4) is 0 Å². The first-order valence-electron chi connectivity index (χ1n) is 4.97. The van der Waals surface area contributed by atoms with Crippen molar-refractivity contribution < 1.29 is 8.42 Å². The summed E-state index contributed by atoms with van der Waals surface area (Å²) in [7, 11) is -3.43. The Bertz CT molecular complexity index is 653. The average molecular weight is 411 g/mol. The van der Waals surface area contributed by atoms with Gasteiger partial charge in [-0.3, -0.25) is 0 Å². The molecule has 3 nitrogen and oxygen atoms in total. The molecular formula is C11H9Br2NO2S2. The molecule has 1 aromatic heterocycles. The van der Waals surface area contributed by atoms with Gasteiger partial charge in [0.1, 0.15) is 4.21 Å². The lowest BCUT2D eigenvalue weighted by atomic mass is 10.2. The lowest BCUT2D eigenvalue weighted by Gasteiger charge is -2.05. The van der Waals surface area contributed by atoms with E-state index in [1.54, 1.807) is 12.1 Å². The fourth-order valence-corrected chi connectivity index (χ4v) is 4.86. The minimum atomic E-state index is -3.43. The number of halogens is 2. The van der Waals surface area contributed by atoms with Gasteiger partial charge in [-0.2, -0.15) is 0 Å². The van der Waals surface area contributed by atoms with E-state index >= 15 is 0 Å². The Labute approximate surface area is 127 Å². The van der Waals surface area contributed by atoms with Crippen molar-refractivity contribution in [3.63, 3.8) is 0 Å². The van der Waals surface area contributed by atoms with Crippen LogP contribution in [0.4, 0.5) is 0 Å². The molecule has 7 heteroatoms. The molecule has 0 saturated carbocycles. The molecule has 0 aliphatic rings. The van der Waals surface area contributed by atoms with Crippen LogP contribution in [0.25, 0.3) is 0 Å². The summed E-state index contributed by atoms with van der Waals surface area (Å²) in [6, 6.07) is 10.8. The molecule has 0 amide bonds. The van der Waals surface area contributed by atoms with E-state index in [1.807, 2.05) is 24.3 Å². The maximum Gasteiger partial charge on any atom is 0.250 e. The lowest BCUT2D eigenvalue weighted by Crippen LogP contribution is -2.22. The van der Waals surface area contributed by atoms with Crippen molar-refractivity contribution in [2.45, 2.75) is 10.8 Å². The summed E-state index contributed by atoms with van der Waals surface area (Å²) in [6.07, 6.45) is 0.